The lowest BCUT2D eigenvalue weighted by molar-refractivity contribution is -0.135. The molecule has 2 rings (SSSR count). The number of hydrogen-bond donors (Lipinski definition) is 1. The number of halogens is 3. The van der Waals surface area contributed by atoms with Crippen molar-refractivity contribution in [3.8, 4) is 0 Å². The Bertz CT molecular complexity index is 382. The number of aromatic nitrogens is 1. The van der Waals surface area contributed by atoms with E-state index in [1.54, 1.807) is 6.92 Å². The third kappa shape index (κ3) is 2.36. The fraction of sp³-hybridized carbons (Fsp3) is 0.667. The number of likely N-dealkylation sites (tertiary alicyclic amines) is 1. The predicted octanol–water partition coefficient (Wildman–Crippen LogP) is 1.61. The molecule has 0 unspecified atom stereocenters. The van der Waals surface area contributed by atoms with Gasteiger partial charge in [0.15, 0.2) is 0 Å². The highest BCUT2D eigenvalue weighted by Gasteiger charge is 2.37. The van der Waals surface area contributed by atoms with Gasteiger partial charge in [-0.2, -0.15) is 13.2 Å². The quantitative estimate of drug-likeness (QED) is 0.868. The molecule has 0 atom stereocenters. The first-order valence-corrected chi connectivity index (χ1v) is 5.69. The minimum absolute atomic E-state index is 0.0917. The van der Waals surface area contributed by atoms with Gasteiger partial charge < -0.3 is 5.73 Å². The second-order valence-corrected chi connectivity index (χ2v) is 5.16. The zero-order valence-electron chi connectivity index (χ0n) is 8.71. The molecule has 1 aromatic rings. The lowest BCUT2D eigenvalue weighted by atomic mass is 10.1. The van der Waals surface area contributed by atoms with E-state index in [9.17, 15) is 13.2 Å². The van der Waals surface area contributed by atoms with Gasteiger partial charge in [-0.3, -0.25) is 4.90 Å². The first kappa shape index (κ1) is 11.8. The number of thiazole rings is 1. The third-order valence-corrected chi connectivity index (χ3v) is 3.48. The molecule has 2 N–H and O–H groups in total. The Balaban J connectivity index is 2.14. The number of nitrogens with zero attached hydrogens (tertiary/aromatic N) is 2. The number of rotatable bonds is 2. The van der Waals surface area contributed by atoms with Crippen molar-refractivity contribution in [3.63, 3.8) is 0 Å². The molecule has 1 aromatic heterocycles. The Labute approximate surface area is 95.1 Å². The summed E-state index contributed by atoms with van der Waals surface area (Å²) in [6.45, 7) is 3.12. The Hall–Kier alpha value is -0.660. The van der Waals surface area contributed by atoms with Crippen LogP contribution >= 0.6 is 11.3 Å². The molecule has 90 valence electrons. The molecule has 2 heterocycles. The van der Waals surface area contributed by atoms with Crippen molar-refractivity contribution in [1.82, 2.24) is 9.88 Å². The molecule has 1 aliphatic rings. The second kappa shape index (κ2) is 3.97. The molecule has 0 spiro atoms. The van der Waals surface area contributed by atoms with E-state index in [0.717, 1.165) is 0 Å². The van der Waals surface area contributed by atoms with Crippen LogP contribution in [0.5, 0.6) is 0 Å². The van der Waals surface area contributed by atoms with Gasteiger partial charge in [0.2, 0.25) is 0 Å². The van der Waals surface area contributed by atoms with Crippen LogP contribution in [-0.4, -0.2) is 29.0 Å². The molecule has 7 heteroatoms. The summed E-state index contributed by atoms with van der Waals surface area (Å²) in [5.74, 6) is 0. The molecule has 1 aliphatic heterocycles. The maximum absolute atomic E-state index is 12.6. The van der Waals surface area contributed by atoms with E-state index in [-0.39, 0.29) is 18.3 Å². The van der Waals surface area contributed by atoms with Crippen molar-refractivity contribution in [1.29, 1.82) is 0 Å². The van der Waals surface area contributed by atoms with Gasteiger partial charge in [-0.05, 0) is 6.92 Å². The maximum Gasteiger partial charge on any atom is 0.427 e. The first-order chi connectivity index (χ1) is 7.36. The predicted molar refractivity (Wildman–Crippen MR) is 55.1 cm³/mol. The average Bonchev–Trinajstić information content (AvgIpc) is 2.43. The van der Waals surface area contributed by atoms with Crippen molar-refractivity contribution in [2.45, 2.75) is 25.7 Å². The lowest BCUT2D eigenvalue weighted by Gasteiger charge is -2.36. The van der Waals surface area contributed by atoms with Gasteiger partial charge in [0, 0.05) is 25.7 Å². The highest BCUT2D eigenvalue weighted by Crippen LogP contribution is 2.37. The number of hydrogen-bond acceptors (Lipinski definition) is 4. The Kier molecular flexibility index (Phi) is 2.93. The van der Waals surface area contributed by atoms with Crippen molar-refractivity contribution in [3.05, 3.63) is 15.6 Å². The Morgan fingerprint density at radius 3 is 2.62 bits per heavy atom. The summed E-state index contributed by atoms with van der Waals surface area (Å²) in [5.41, 5.74) is 5.70. The maximum atomic E-state index is 12.6. The highest BCUT2D eigenvalue weighted by molar-refractivity contribution is 7.11. The first-order valence-electron chi connectivity index (χ1n) is 4.87. The summed E-state index contributed by atoms with van der Waals surface area (Å²) in [6, 6.07) is 0.0917. The third-order valence-electron chi connectivity index (χ3n) is 2.42. The van der Waals surface area contributed by atoms with Gasteiger partial charge in [0.05, 0.1) is 10.7 Å². The molecule has 0 aliphatic carbocycles. The van der Waals surface area contributed by atoms with Crippen molar-refractivity contribution in [2.75, 3.05) is 13.1 Å². The SMILES string of the molecule is Cc1nc(CN2CC(N)C2)c(C(F)(F)F)s1. The zero-order chi connectivity index (χ0) is 11.9. The van der Waals surface area contributed by atoms with Crippen LogP contribution in [0.1, 0.15) is 15.6 Å². The van der Waals surface area contributed by atoms with Crippen LogP contribution in [0.4, 0.5) is 13.2 Å². The molecule has 0 radical (unpaired) electrons. The Morgan fingerprint density at radius 2 is 2.12 bits per heavy atom. The number of aryl methyl sites for hydroxylation is 1. The molecule has 0 amide bonds. The van der Waals surface area contributed by atoms with Crippen LogP contribution in [-0.2, 0) is 12.7 Å². The normalized spacial score (nSPS) is 18.8. The second-order valence-electron chi connectivity index (χ2n) is 3.96. The van der Waals surface area contributed by atoms with Crippen LogP contribution in [0.3, 0.4) is 0 Å². The van der Waals surface area contributed by atoms with Crippen LogP contribution < -0.4 is 5.73 Å². The van der Waals surface area contributed by atoms with Crippen molar-refractivity contribution >= 4 is 11.3 Å². The monoisotopic (exact) mass is 251 g/mol. The minimum Gasteiger partial charge on any atom is -0.325 e. The molecule has 3 nitrogen and oxygen atoms in total. The van der Waals surface area contributed by atoms with Gasteiger partial charge in [-0.15, -0.1) is 11.3 Å². The van der Waals surface area contributed by atoms with E-state index in [0.29, 0.717) is 29.4 Å². The van der Waals surface area contributed by atoms with Gasteiger partial charge in [-0.25, -0.2) is 4.98 Å². The van der Waals surface area contributed by atoms with E-state index in [1.807, 2.05) is 4.90 Å². The summed E-state index contributed by atoms with van der Waals surface area (Å²) in [6.07, 6.45) is -4.30. The van der Waals surface area contributed by atoms with Crippen LogP contribution in [0, 0.1) is 6.92 Å². The molecule has 1 saturated heterocycles. The number of nitrogens with two attached hydrogens (primary N) is 1. The molecular formula is C9H12F3N3S. The Morgan fingerprint density at radius 1 is 1.50 bits per heavy atom. The number of alkyl halides is 3. The molecule has 16 heavy (non-hydrogen) atoms. The molecule has 0 bridgehead atoms. The molecule has 0 aromatic carbocycles. The highest BCUT2D eigenvalue weighted by atomic mass is 32.1. The molecular weight excluding hydrogens is 239 g/mol. The molecule has 0 saturated carbocycles. The van der Waals surface area contributed by atoms with Crippen LogP contribution in [0.25, 0.3) is 0 Å². The fourth-order valence-electron chi connectivity index (χ4n) is 1.75. The largest absolute Gasteiger partial charge is 0.427 e. The standard InChI is InChI=1S/C9H12F3N3S/c1-5-14-7(4-15-2-6(13)3-15)8(16-5)9(10,11)12/h6H,2-4,13H2,1H3. The van der Waals surface area contributed by atoms with E-state index in [4.69, 9.17) is 5.73 Å². The summed E-state index contributed by atoms with van der Waals surface area (Å²) in [4.78, 5) is 5.23. The van der Waals surface area contributed by atoms with E-state index in [1.165, 1.54) is 0 Å². The van der Waals surface area contributed by atoms with Gasteiger partial charge in [0.1, 0.15) is 4.88 Å². The summed E-state index contributed by atoms with van der Waals surface area (Å²) in [7, 11) is 0. The summed E-state index contributed by atoms with van der Waals surface area (Å²) in [5, 5.41) is 0.451. The van der Waals surface area contributed by atoms with Crippen LogP contribution in [0.2, 0.25) is 0 Å². The zero-order valence-corrected chi connectivity index (χ0v) is 9.53. The van der Waals surface area contributed by atoms with Crippen molar-refractivity contribution < 1.29 is 13.2 Å². The minimum atomic E-state index is -4.30. The van der Waals surface area contributed by atoms with Crippen LogP contribution in [0.15, 0.2) is 0 Å². The van der Waals surface area contributed by atoms with Crippen molar-refractivity contribution in [2.24, 2.45) is 5.73 Å². The lowest BCUT2D eigenvalue weighted by Crippen LogP contribution is -2.55. The summed E-state index contributed by atoms with van der Waals surface area (Å²) >= 11 is 0.705. The van der Waals surface area contributed by atoms with Gasteiger partial charge >= 0.3 is 6.18 Å². The fourth-order valence-corrected chi connectivity index (χ4v) is 2.54. The van der Waals surface area contributed by atoms with E-state index >= 15 is 0 Å². The smallest absolute Gasteiger partial charge is 0.325 e. The topological polar surface area (TPSA) is 42.2 Å². The molecule has 1 fully saturated rings. The van der Waals surface area contributed by atoms with Gasteiger partial charge in [-0.1, -0.05) is 0 Å². The average molecular weight is 251 g/mol. The van der Waals surface area contributed by atoms with Gasteiger partial charge in [0.25, 0.3) is 0 Å². The van der Waals surface area contributed by atoms with E-state index < -0.39 is 11.1 Å². The summed E-state index contributed by atoms with van der Waals surface area (Å²) < 4.78 is 37.9. The van der Waals surface area contributed by atoms with E-state index in [2.05, 4.69) is 4.98 Å².